The number of fused-ring (bicyclic) bond motifs is 1. The number of benzene rings is 1. The fraction of sp³-hybridized carbons (Fsp3) is 0.0909. The summed E-state index contributed by atoms with van der Waals surface area (Å²) in [6.45, 7) is 1.96. The van der Waals surface area contributed by atoms with Crippen molar-refractivity contribution in [3.63, 3.8) is 0 Å². The van der Waals surface area contributed by atoms with Gasteiger partial charge in [0.25, 0.3) is 0 Å². The molecule has 3 N–H and O–H groups in total. The molecule has 86 valence electrons. The van der Waals surface area contributed by atoms with Gasteiger partial charge in [0.1, 0.15) is 0 Å². The van der Waals surface area contributed by atoms with E-state index < -0.39 is 5.76 Å². The molecule has 0 saturated heterocycles. The van der Waals surface area contributed by atoms with Crippen molar-refractivity contribution < 1.29 is 4.42 Å². The predicted octanol–water partition coefficient (Wildman–Crippen LogP) is 2.14. The van der Waals surface area contributed by atoms with Gasteiger partial charge in [-0.25, -0.2) is 9.78 Å². The van der Waals surface area contributed by atoms with Crippen molar-refractivity contribution in [1.29, 1.82) is 0 Å². The number of thiazole rings is 1. The van der Waals surface area contributed by atoms with E-state index in [0.717, 1.165) is 16.1 Å². The maximum atomic E-state index is 11.1. The molecule has 5 nitrogen and oxygen atoms in total. The lowest BCUT2D eigenvalue weighted by molar-refractivity contribution is 0.555. The standard InChI is InChI=1S/C11H9N3O2S/c1-5-9(14-10(12)17-5)6-2-3-7-8(4-6)16-11(15)13-7/h2-4H,1H3,(H2,12,14)(H,13,15). The molecule has 6 heteroatoms. The van der Waals surface area contributed by atoms with Crippen molar-refractivity contribution in [2.75, 3.05) is 5.73 Å². The molecule has 0 radical (unpaired) electrons. The minimum Gasteiger partial charge on any atom is -0.408 e. The van der Waals surface area contributed by atoms with Crippen LogP contribution in [0, 0.1) is 6.92 Å². The number of nitrogens with one attached hydrogen (secondary N) is 1. The topological polar surface area (TPSA) is 84.9 Å². The van der Waals surface area contributed by atoms with Gasteiger partial charge < -0.3 is 10.2 Å². The Morgan fingerprint density at radius 2 is 2.29 bits per heavy atom. The Labute approximate surface area is 99.9 Å². The first-order chi connectivity index (χ1) is 8.13. The van der Waals surface area contributed by atoms with Crippen molar-refractivity contribution in [1.82, 2.24) is 9.97 Å². The molecule has 0 spiro atoms. The van der Waals surface area contributed by atoms with E-state index in [-0.39, 0.29) is 0 Å². The van der Waals surface area contributed by atoms with Crippen molar-refractivity contribution in [2.24, 2.45) is 0 Å². The summed E-state index contributed by atoms with van der Waals surface area (Å²) in [6.07, 6.45) is 0. The maximum absolute atomic E-state index is 11.1. The Kier molecular flexibility index (Phi) is 2.05. The lowest BCUT2D eigenvalue weighted by Gasteiger charge is -1.97. The van der Waals surface area contributed by atoms with Gasteiger partial charge in [-0.15, -0.1) is 11.3 Å². The van der Waals surface area contributed by atoms with E-state index in [2.05, 4.69) is 9.97 Å². The van der Waals surface area contributed by atoms with Crippen LogP contribution < -0.4 is 11.5 Å². The molecule has 2 heterocycles. The summed E-state index contributed by atoms with van der Waals surface area (Å²) in [7, 11) is 0. The van der Waals surface area contributed by atoms with Gasteiger partial charge in [0.2, 0.25) is 0 Å². The molecule has 0 aliphatic carbocycles. The number of hydrogen-bond donors (Lipinski definition) is 2. The van der Waals surface area contributed by atoms with Crippen molar-refractivity contribution >= 4 is 27.6 Å². The van der Waals surface area contributed by atoms with Gasteiger partial charge in [-0.2, -0.15) is 0 Å². The fourth-order valence-electron chi connectivity index (χ4n) is 1.78. The molecule has 17 heavy (non-hydrogen) atoms. The SMILES string of the molecule is Cc1sc(N)nc1-c1ccc2[nH]c(=O)oc2c1. The van der Waals surface area contributed by atoms with Gasteiger partial charge in [-0.1, -0.05) is 6.07 Å². The molecule has 3 rings (SSSR count). The lowest BCUT2D eigenvalue weighted by atomic mass is 10.1. The Hall–Kier alpha value is -2.08. The minimum atomic E-state index is -0.452. The minimum absolute atomic E-state index is 0.452. The average molecular weight is 247 g/mol. The first-order valence-corrected chi connectivity index (χ1v) is 5.81. The van der Waals surface area contributed by atoms with Gasteiger partial charge in [-0.3, -0.25) is 4.98 Å². The zero-order valence-corrected chi connectivity index (χ0v) is 9.80. The van der Waals surface area contributed by atoms with E-state index in [0.29, 0.717) is 16.2 Å². The number of anilines is 1. The summed E-state index contributed by atoms with van der Waals surface area (Å²) in [6, 6.07) is 5.47. The third-order valence-corrected chi connectivity index (χ3v) is 3.31. The number of nitrogens with zero attached hydrogens (tertiary/aromatic N) is 1. The Balaban J connectivity index is 2.23. The van der Waals surface area contributed by atoms with Gasteiger partial charge in [0, 0.05) is 10.4 Å². The van der Waals surface area contributed by atoms with Crippen molar-refractivity contribution in [3.8, 4) is 11.3 Å². The number of H-pyrrole nitrogens is 1. The van der Waals surface area contributed by atoms with Gasteiger partial charge in [0.15, 0.2) is 10.7 Å². The highest BCUT2D eigenvalue weighted by Crippen LogP contribution is 2.30. The van der Waals surface area contributed by atoms with Crippen LogP contribution in [0.25, 0.3) is 22.4 Å². The second kappa shape index (κ2) is 3.46. The number of aryl methyl sites for hydroxylation is 1. The van der Waals surface area contributed by atoms with Gasteiger partial charge >= 0.3 is 5.76 Å². The predicted molar refractivity (Wildman–Crippen MR) is 67.1 cm³/mol. The van der Waals surface area contributed by atoms with E-state index in [4.69, 9.17) is 10.2 Å². The summed E-state index contributed by atoms with van der Waals surface area (Å²) in [5, 5.41) is 0.535. The van der Waals surface area contributed by atoms with Crippen LogP contribution in [0.2, 0.25) is 0 Å². The smallest absolute Gasteiger partial charge is 0.408 e. The second-order valence-electron chi connectivity index (χ2n) is 3.68. The van der Waals surface area contributed by atoms with Crippen LogP contribution in [0.1, 0.15) is 4.88 Å². The highest BCUT2D eigenvalue weighted by molar-refractivity contribution is 7.15. The summed E-state index contributed by atoms with van der Waals surface area (Å²) >= 11 is 1.44. The lowest BCUT2D eigenvalue weighted by Crippen LogP contribution is -1.92. The normalized spacial score (nSPS) is 11.1. The van der Waals surface area contributed by atoms with Gasteiger partial charge in [0.05, 0.1) is 11.2 Å². The van der Waals surface area contributed by atoms with E-state index in [1.54, 1.807) is 12.1 Å². The molecule has 0 aliphatic rings. The molecule has 3 aromatic rings. The van der Waals surface area contributed by atoms with E-state index in [1.807, 2.05) is 13.0 Å². The van der Waals surface area contributed by atoms with Crippen molar-refractivity contribution in [3.05, 3.63) is 33.6 Å². The Morgan fingerprint density at radius 1 is 1.47 bits per heavy atom. The molecular formula is C11H9N3O2S. The van der Waals surface area contributed by atoms with Crippen LogP contribution >= 0.6 is 11.3 Å². The molecule has 0 unspecified atom stereocenters. The van der Waals surface area contributed by atoms with Crippen LogP contribution in [0.3, 0.4) is 0 Å². The molecule has 0 bridgehead atoms. The van der Waals surface area contributed by atoms with Crippen molar-refractivity contribution in [2.45, 2.75) is 6.92 Å². The number of hydrogen-bond acceptors (Lipinski definition) is 5. The zero-order valence-electron chi connectivity index (χ0n) is 8.98. The third kappa shape index (κ3) is 1.62. The van der Waals surface area contributed by atoms with E-state index in [1.165, 1.54) is 11.3 Å². The fourth-order valence-corrected chi connectivity index (χ4v) is 2.49. The molecule has 0 amide bonds. The number of nitrogens with two attached hydrogens (primary N) is 1. The number of rotatable bonds is 1. The maximum Gasteiger partial charge on any atom is 0.417 e. The number of aromatic nitrogens is 2. The quantitative estimate of drug-likeness (QED) is 0.689. The monoisotopic (exact) mass is 247 g/mol. The number of nitrogen functional groups attached to an aromatic ring is 1. The van der Waals surface area contributed by atoms with Crippen LogP contribution in [-0.4, -0.2) is 9.97 Å². The van der Waals surface area contributed by atoms with E-state index in [9.17, 15) is 4.79 Å². The van der Waals surface area contributed by atoms with Gasteiger partial charge in [-0.05, 0) is 19.1 Å². The third-order valence-electron chi connectivity index (χ3n) is 2.51. The number of aromatic amines is 1. The molecule has 2 aromatic heterocycles. The molecule has 1 aromatic carbocycles. The first-order valence-electron chi connectivity index (χ1n) is 4.99. The summed E-state index contributed by atoms with van der Waals surface area (Å²) in [4.78, 5) is 18.9. The molecule has 0 atom stereocenters. The molecule has 0 fully saturated rings. The van der Waals surface area contributed by atoms with Crippen LogP contribution in [0.15, 0.2) is 27.4 Å². The Morgan fingerprint density at radius 3 is 3.00 bits per heavy atom. The summed E-state index contributed by atoms with van der Waals surface area (Å²) in [5.74, 6) is -0.452. The first kappa shape index (κ1) is 10.1. The van der Waals surface area contributed by atoms with Crippen LogP contribution in [0.5, 0.6) is 0 Å². The highest BCUT2D eigenvalue weighted by atomic mass is 32.1. The largest absolute Gasteiger partial charge is 0.417 e. The van der Waals surface area contributed by atoms with Crippen LogP contribution in [0.4, 0.5) is 5.13 Å². The molecule has 0 aliphatic heterocycles. The highest BCUT2D eigenvalue weighted by Gasteiger charge is 2.10. The molecule has 0 saturated carbocycles. The van der Waals surface area contributed by atoms with Crippen LogP contribution in [-0.2, 0) is 0 Å². The Bertz CT molecular complexity index is 754. The summed E-state index contributed by atoms with van der Waals surface area (Å²) in [5.41, 5.74) is 8.59. The number of oxazole rings is 1. The van der Waals surface area contributed by atoms with E-state index >= 15 is 0 Å². The summed E-state index contributed by atoms with van der Waals surface area (Å²) < 4.78 is 5.01. The zero-order chi connectivity index (χ0) is 12.0. The second-order valence-corrected chi connectivity index (χ2v) is 4.92. The average Bonchev–Trinajstić information content (AvgIpc) is 2.78. The molecular weight excluding hydrogens is 238 g/mol.